The molecule has 0 aliphatic heterocycles. The van der Waals surface area contributed by atoms with Crippen molar-refractivity contribution in [2.45, 2.75) is 0 Å². The second-order valence-corrected chi connectivity index (χ2v) is 6.00. The smallest absolute Gasteiger partial charge is 0.358 e. The number of hydrogen-bond donors (Lipinski definition) is 0. The van der Waals surface area contributed by atoms with Gasteiger partial charge in [-0.05, 0) is 30.3 Å². The first kappa shape index (κ1) is 13.9. The van der Waals surface area contributed by atoms with E-state index in [2.05, 4.69) is 15.2 Å². The van der Waals surface area contributed by atoms with Gasteiger partial charge in [0, 0.05) is 34.0 Å². The highest BCUT2D eigenvalue weighted by atomic mass is 35.5. The predicted octanol–water partition coefficient (Wildman–Crippen LogP) is 3.38. The van der Waals surface area contributed by atoms with Gasteiger partial charge in [-0.15, -0.1) is 0 Å². The maximum atomic E-state index is 13.4. The van der Waals surface area contributed by atoms with Crippen LogP contribution < -0.4 is 0 Å². The van der Waals surface area contributed by atoms with Crippen LogP contribution in [-0.4, -0.2) is 37.5 Å². The molecule has 136 valence electrons. The molecule has 0 atom stereocenters. The summed E-state index contributed by atoms with van der Waals surface area (Å²) in [5.41, 5.74) is 1.76. The first-order chi connectivity index (χ1) is 14.2. The average molecular weight is 389 g/mol. The predicted molar refractivity (Wildman–Crippen MR) is 96.9 cm³/mol. The van der Waals surface area contributed by atoms with Gasteiger partial charge >= 0.3 is 5.97 Å². The Morgan fingerprint density at radius 2 is 2.00 bits per heavy atom. The SMILES string of the molecule is [2H]C([2H])([2H])n1cc(-c2cc(Cl)nn3cc(C(=O)OC)nc23)c(-c2ccc(F)cc2)n1. The highest BCUT2D eigenvalue weighted by molar-refractivity contribution is 6.29. The molecule has 0 aliphatic rings. The number of rotatable bonds is 3. The lowest BCUT2D eigenvalue weighted by molar-refractivity contribution is 0.0594. The molecule has 7 nitrogen and oxygen atoms in total. The summed E-state index contributed by atoms with van der Waals surface area (Å²) in [6, 6.07) is 6.94. The molecule has 9 heteroatoms. The van der Waals surface area contributed by atoms with Gasteiger partial charge in [-0.25, -0.2) is 18.7 Å². The first-order valence-corrected chi connectivity index (χ1v) is 8.06. The summed E-state index contributed by atoms with van der Waals surface area (Å²) in [6.45, 7) is -2.55. The lowest BCUT2D eigenvalue weighted by Gasteiger charge is -2.05. The van der Waals surface area contributed by atoms with Crippen LogP contribution in [0.5, 0.6) is 0 Å². The van der Waals surface area contributed by atoms with Crippen LogP contribution >= 0.6 is 11.6 Å². The van der Waals surface area contributed by atoms with Crippen molar-refractivity contribution in [3.8, 4) is 22.4 Å². The van der Waals surface area contributed by atoms with Gasteiger partial charge in [0.15, 0.2) is 16.5 Å². The first-order valence-electron chi connectivity index (χ1n) is 9.18. The van der Waals surface area contributed by atoms with Crippen molar-refractivity contribution in [1.29, 1.82) is 0 Å². The number of esters is 1. The Hall–Kier alpha value is -3.26. The summed E-state index contributed by atoms with van der Waals surface area (Å²) in [4.78, 5) is 16.1. The second kappa shape index (κ2) is 6.48. The Morgan fingerprint density at radius 1 is 1.22 bits per heavy atom. The Bertz CT molecular complexity index is 1270. The number of imidazole rings is 1. The van der Waals surface area contributed by atoms with Crippen molar-refractivity contribution < 1.29 is 18.0 Å². The summed E-state index contributed by atoms with van der Waals surface area (Å²) in [5, 5.41) is 8.37. The number of methoxy groups -OCH3 is 1. The van der Waals surface area contributed by atoms with E-state index in [0.29, 0.717) is 16.7 Å². The molecule has 3 heterocycles. The Labute approximate surface area is 162 Å². The van der Waals surface area contributed by atoms with Crippen LogP contribution in [0.4, 0.5) is 4.39 Å². The number of fused-ring (bicyclic) bond motifs is 1. The molecule has 0 spiro atoms. The summed E-state index contributed by atoms with van der Waals surface area (Å²) in [6.07, 6.45) is 2.67. The molecular formula is C18H13ClFN5O2. The van der Waals surface area contributed by atoms with E-state index in [-0.39, 0.29) is 22.2 Å². The molecule has 0 amide bonds. The number of hydrogen-bond acceptors (Lipinski definition) is 5. The molecule has 0 saturated carbocycles. The fourth-order valence-corrected chi connectivity index (χ4v) is 2.93. The average Bonchev–Trinajstić information content (AvgIpc) is 3.31. The largest absolute Gasteiger partial charge is 0.464 e. The quantitative estimate of drug-likeness (QED) is 0.503. The standard InChI is InChI=1S/C18H13ClFN5O2/c1-24-8-13(16(23-24)10-3-5-11(20)6-4-10)12-7-15(19)22-25-9-14(18(26)27-2)21-17(12)25/h3-9H,1-2H3/i1D3. The van der Waals surface area contributed by atoms with Crippen LogP contribution in [0.2, 0.25) is 5.15 Å². The van der Waals surface area contributed by atoms with Crippen LogP contribution in [-0.2, 0) is 11.7 Å². The highest BCUT2D eigenvalue weighted by Crippen LogP contribution is 2.34. The molecular weight excluding hydrogens is 373 g/mol. The lowest BCUT2D eigenvalue weighted by atomic mass is 10.0. The highest BCUT2D eigenvalue weighted by Gasteiger charge is 2.20. The van der Waals surface area contributed by atoms with Gasteiger partial charge in [0.05, 0.1) is 13.3 Å². The van der Waals surface area contributed by atoms with Crippen molar-refractivity contribution in [2.24, 2.45) is 6.98 Å². The van der Waals surface area contributed by atoms with Crippen LogP contribution in [0.1, 0.15) is 14.6 Å². The fraction of sp³-hybridized carbons (Fsp3) is 0.111. The third-order valence-corrected chi connectivity index (χ3v) is 4.10. The lowest BCUT2D eigenvalue weighted by Crippen LogP contribution is -2.00. The minimum atomic E-state index is -2.55. The summed E-state index contributed by atoms with van der Waals surface area (Å²) >= 11 is 6.15. The van der Waals surface area contributed by atoms with E-state index >= 15 is 0 Å². The van der Waals surface area contributed by atoms with Crippen molar-refractivity contribution in [3.05, 3.63) is 59.4 Å². The molecule has 27 heavy (non-hydrogen) atoms. The van der Waals surface area contributed by atoms with Crippen LogP contribution in [0, 0.1) is 5.82 Å². The number of nitrogens with zero attached hydrogens (tertiary/aromatic N) is 5. The van der Waals surface area contributed by atoms with Crippen LogP contribution in [0.25, 0.3) is 28.0 Å². The van der Waals surface area contributed by atoms with Gasteiger partial charge in [-0.3, -0.25) is 4.68 Å². The van der Waals surface area contributed by atoms with Crippen LogP contribution in [0.3, 0.4) is 0 Å². The zero-order chi connectivity index (χ0) is 21.6. The number of benzene rings is 1. The van der Waals surface area contributed by atoms with E-state index in [4.69, 9.17) is 20.5 Å². The molecule has 0 fully saturated rings. The Morgan fingerprint density at radius 3 is 2.70 bits per heavy atom. The molecule has 0 saturated heterocycles. The fourth-order valence-electron chi connectivity index (χ4n) is 2.74. The molecule has 0 N–H and O–H groups in total. The zero-order valence-corrected chi connectivity index (χ0v) is 14.6. The molecule has 0 bridgehead atoms. The summed E-state index contributed by atoms with van der Waals surface area (Å²) < 4.78 is 43.3. The maximum absolute atomic E-state index is 13.4. The van der Waals surface area contributed by atoms with Crippen molar-refractivity contribution >= 4 is 23.2 Å². The number of aryl methyl sites for hydroxylation is 1. The van der Waals surface area contributed by atoms with E-state index < -0.39 is 18.8 Å². The van der Waals surface area contributed by atoms with E-state index in [1.807, 2.05) is 0 Å². The van der Waals surface area contributed by atoms with E-state index in [0.717, 1.165) is 4.68 Å². The van der Waals surface area contributed by atoms with Crippen LogP contribution in [0.15, 0.2) is 42.7 Å². The maximum Gasteiger partial charge on any atom is 0.358 e. The van der Waals surface area contributed by atoms with Gasteiger partial charge in [0.2, 0.25) is 0 Å². The number of aromatic nitrogens is 5. The Balaban J connectivity index is 2.00. The third-order valence-electron chi connectivity index (χ3n) is 3.91. The summed E-state index contributed by atoms with van der Waals surface area (Å²) in [7, 11) is 1.22. The van der Waals surface area contributed by atoms with E-state index in [1.54, 1.807) is 0 Å². The molecule has 0 radical (unpaired) electrons. The Kier molecular flexibility index (Phi) is 3.33. The van der Waals surface area contributed by atoms with Gasteiger partial charge in [-0.2, -0.15) is 10.2 Å². The van der Waals surface area contributed by atoms with E-state index in [1.165, 1.54) is 54.4 Å². The molecule has 0 aliphatic carbocycles. The van der Waals surface area contributed by atoms with Crippen molar-refractivity contribution in [3.63, 3.8) is 0 Å². The molecule has 1 aromatic carbocycles. The second-order valence-electron chi connectivity index (χ2n) is 5.61. The van der Waals surface area contributed by atoms with E-state index in [9.17, 15) is 9.18 Å². The normalized spacial score (nSPS) is 13.2. The number of carbonyl (C=O) groups is 1. The molecule has 4 rings (SSSR count). The van der Waals surface area contributed by atoms with Gasteiger partial charge < -0.3 is 4.74 Å². The summed E-state index contributed by atoms with van der Waals surface area (Å²) in [5.74, 6) is -1.11. The number of carbonyl (C=O) groups excluding carboxylic acids is 1. The number of ether oxygens (including phenoxy) is 1. The minimum absolute atomic E-state index is 0.0000575. The molecule has 4 aromatic rings. The zero-order valence-electron chi connectivity index (χ0n) is 16.8. The molecule has 0 unspecified atom stereocenters. The van der Waals surface area contributed by atoms with Gasteiger partial charge in [0.1, 0.15) is 11.5 Å². The van der Waals surface area contributed by atoms with Gasteiger partial charge in [0.25, 0.3) is 0 Å². The molecule has 3 aromatic heterocycles. The topological polar surface area (TPSA) is 74.3 Å². The monoisotopic (exact) mass is 388 g/mol. The van der Waals surface area contributed by atoms with Crippen molar-refractivity contribution in [1.82, 2.24) is 24.4 Å². The van der Waals surface area contributed by atoms with Crippen molar-refractivity contribution in [2.75, 3.05) is 7.11 Å². The minimum Gasteiger partial charge on any atom is -0.464 e. The van der Waals surface area contributed by atoms with Gasteiger partial charge in [-0.1, -0.05) is 11.6 Å². The number of halogens is 2. The third kappa shape index (κ3) is 3.04.